The van der Waals surface area contributed by atoms with E-state index in [0.29, 0.717) is 0 Å². The van der Waals surface area contributed by atoms with Gasteiger partial charge in [0.2, 0.25) is 0 Å². The molecule has 1 saturated heterocycles. The van der Waals surface area contributed by atoms with Crippen LogP contribution >= 0.6 is 0 Å². The van der Waals surface area contributed by atoms with Crippen molar-refractivity contribution < 1.29 is 0 Å². The van der Waals surface area contributed by atoms with E-state index in [4.69, 9.17) is 0 Å². The molecule has 3 nitrogen and oxygen atoms in total. The fourth-order valence-electron chi connectivity index (χ4n) is 1.86. The molecule has 0 amide bonds. The van der Waals surface area contributed by atoms with E-state index in [9.17, 15) is 0 Å². The fraction of sp³-hybridized carbons (Fsp3) is 0.500. The van der Waals surface area contributed by atoms with Crippen LogP contribution in [-0.2, 0) is 0 Å². The van der Waals surface area contributed by atoms with Gasteiger partial charge in [0, 0.05) is 13.1 Å². The fourth-order valence-corrected chi connectivity index (χ4v) is 1.86. The molecule has 1 unspecified atom stereocenters. The Kier molecular flexibility index (Phi) is 3.33. The van der Waals surface area contributed by atoms with Gasteiger partial charge in [0.25, 0.3) is 0 Å². The molecule has 0 spiro atoms. The highest BCUT2D eigenvalue weighted by atomic mass is 15.5. The normalized spacial score (nSPS) is 22.2. The maximum atomic E-state index is 4.26. The van der Waals surface area contributed by atoms with E-state index in [-0.39, 0.29) is 0 Å². The molecule has 0 saturated carbocycles. The second-order valence-electron chi connectivity index (χ2n) is 4.19. The average molecular weight is 203 g/mol. The lowest BCUT2D eigenvalue weighted by Crippen LogP contribution is -2.29. The van der Waals surface area contributed by atoms with Gasteiger partial charge in [-0.05, 0) is 30.9 Å². The predicted molar refractivity (Wildman–Crippen MR) is 60.9 cm³/mol. The number of benzene rings is 1. The van der Waals surface area contributed by atoms with Crippen LogP contribution in [0.3, 0.4) is 0 Å². The molecule has 0 N–H and O–H groups in total. The minimum Gasteiger partial charge on any atom is -0.278 e. The van der Waals surface area contributed by atoms with Crippen LogP contribution in [0.4, 0.5) is 5.69 Å². The summed E-state index contributed by atoms with van der Waals surface area (Å²) in [6.45, 7) is 4.35. The van der Waals surface area contributed by atoms with E-state index in [2.05, 4.69) is 22.3 Å². The van der Waals surface area contributed by atoms with Crippen LogP contribution < -0.4 is 0 Å². The summed E-state index contributed by atoms with van der Waals surface area (Å²) in [7, 11) is 0. The van der Waals surface area contributed by atoms with Crippen molar-refractivity contribution in [3.63, 3.8) is 0 Å². The molecule has 0 aliphatic carbocycles. The van der Waals surface area contributed by atoms with Gasteiger partial charge in [-0.1, -0.05) is 30.3 Å². The summed E-state index contributed by atoms with van der Waals surface area (Å²) < 4.78 is 0. The lowest BCUT2D eigenvalue weighted by Gasteiger charge is -2.27. The Bertz CT molecular complexity index is 321. The summed E-state index contributed by atoms with van der Waals surface area (Å²) in [5.74, 6) is 0.744. The quantitative estimate of drug-likeness (QED) is 0.677. The first kappa shape index (κ1) is 10.1. The first-order valence-electron chi connectivity index (χ1n) is 5.56. The number of nitrogens with zero attached hydrogens (tertiary/aromatic N) is 3. The number of hydrogen-bond acceptors (Lipinski definition) is 2. The highest BCUT2D eigenvalue weighted by Crippen LogP contribution is 2.17. The van der Waals surface area contributed by atoms with E-state index < -0.39 is 0 Å². The molecule has 1 aliphatic heterocycles. The van der Waals surface area contributed by atoms with Crippen molar-refractivity contribution in [3.8, 4) is 0 Å². The van der Waals surface area contributed by atoms with Crippen molar-refractivity contribution in [2.45, 2.75) is 19.8 Å². The molecule has 15 heavy (non-hydrogen) atoms. The van der Waals surface area contributed by atoms with Crippen LogP contribution in [0.15, 0.2) is 40.7 Å². The molecule has 1 atom stereocenters. The molecule has 0 bridgehead atoms. The third-order valence-electron chi connectivity index (χ3n) is 2.68. The van der Waals surface area contributed by atoms with Gasteiger partial charge in [-0.3, -0.25) is 5.01 Å². The molecule has 0 radical (unpaired) electrons. The third kappa shape index (κ3) is 3.05. The monoisotopic (exact) mass is 203 g/mol. The van der Waals surface area contributed by atoms with Gasteiger partial charge in [-0.15, -0.1) is 5.11 Å². The van der Waals surface area contributed by atoms with Gasteiger partial charge >= 0.3 is 0 Å². The van der Waals surface area contributed by atoms with Crippen molar-refractivity contribution in [2.24, 2.45) is 16.3 Å². The Labute approximate surface area is 90.8 Å². The first-order chi connectivity index (χ1) is 7.34. The lowest BCUT2D eigenvalue weighted by molar-refractivity contribution is 0.179. The highest BCUT2D eigenvalue weighted by Gasteiger charge is 2.14. The summed E-state index contributed by atoms with van der Waals surface area (Å²) in [5, 5.41) is 10.5. The van der Waals surface area contributed by atoms with E-state index in [1.54, 1.807) is 0 Å². The zero-order valence-corrected chi connectivity index (χ0v) is 9.13. The number of hydrogen-bond donors (Lipinski definition) is 0. The van der Waals surface area contributed by atoms with Crippen LogP contribution in [0.5, 0.6) is 0 Å². The predicted octanol–water partition coefficient (Wildman–Crippen LogP) is 3.42. The SMILES string of the molecule is CC1CCCN(N=Nc2ccccc2)C1. The maximum Gasteiger partial charge on any atom is 0.0874 e. The smallest absolute Gasteiger partial charge is 0.0874 e. The summed E-state index contributed by atoms with van der Waals surface area (Å²) in [5.41, 5.74) is 0.927. The van der Waals surface area contributed by atoms with E-state index in [0.717, 1.165) is 24.7 Å². The van der Waals surface area contributed by atoms with Crippen LogP contribution in [0.25, 0.3) is 0 Å². The molecule has 2 rings (SSSR count). The second kappa shape index (κ2) is 4.91. The zero-order chi connectivity index (χ0) is 10.5. The molecule has 1 aromatic carbocycles. The summed E-state index contributed by atoms with van der Waals surface area (Å²) in [4.78, 5) is 0. The summed E-state index contributed by atoms with van der Waals surface area (Å²) in [6.07, 6.45) is 2.55. The molecule has 1 heterocycles. The van der Waals surface area contributed by atoms with Crippen molar-refractivity contribution in [1.82, 2.24) is 5.01 Å². The Morgan fingerprint density at radius 1 is 1.27 bits per heavy atom. The van der Waals surface area contributed by atoms with Crippen LogP contribution in [-0.4, -0.2) is 18.1 Å². The van der Waals surface area contributed by atoms with Crippen molar-refractivity contribution in [2.75, 3.05) is 13.1 Å². The minimum atomic E-state index is 0.744. The highest BCUT2D eigenvalue weighted by molar-refractivity contribution is 5.34. The Balaban J connectivity index is 1.93. The topological polar surface area (TPSA) is 28.0 Å². The molecule has 1 fully saturated rings. The van der Waals surface area contributed by atoms with Gasteiger partial charge in [-0.25, -0.2) is 0 Å². The molecule has 1 aromatic rings. The number of rotatable bonds is 2. The van der Waals surface area contributed by atoms with Gasteiger partial charge in [0.15, 0.2) is 0 Å². The van der Waals surface area contributed by atoms with Crippen molar-refractivity contribution in [3.05, 3.63) is 30.3 Å². The summed E-state index contributed by atoms with van der Waals surface area (Å²) >= 11 is 0. The first-order valence-corrected chi connectivity index (χ1v) is 5.56. The molecule has 1 aliphatic rings. The van der Waals surface area contributed by atoms with Crippen molar-refractivity contribution in [1.29, 1.82) is 0 Å². The maximum absolute atomic E-state index is 4.26. The van der Waals surface area contributed by atoms with Gasteiger partial charge in [-0.2, -0.15) is 0 Å². The molecular weight excluding hydrogens is 186 g/mol. The standard InChI is InChI=1S/C12H17N3/c1-11-6-5-9-15(10-11)14-13-12-7-3-2-4-8-12/h2-4,7-8,11H,5-6,9-10H2,1H3. The van der Waals surface area contributed by atoms with E-state index in [1.807, 2.05) is 30.3 Å². The largest absolute Gasteiger partial charge is 0.278 e. The van der Waals surface area contributed by atoms with Crippen molar-refractivity contribution >= 4 is 5.69 Å². The van der Waals surface area contributed by atoms with Gasteiger partial charge in [0.1, 0.15) is 0 Å². The molecular formula is C12H17N3. The summed E-state index contributed by atoms with van der Waals surface area (Å²) in [6, 6.07) is 9.89. The van der Waals surface area contributed by atoms with Crippen LogP contribution in [0.2, 0.25) is 0 Å². The third-order valence-corrected chi connectivity index (χ3v) is 2.68. The van der Waals surface area contributed by atoms with E-state index >= 15 is 0 Å². The second-order valence-corrected chi connectivity index (χ2v) is 4.19. The lowest BCUT2D eigenvalue weighted by atomic mass is 10.0. The minimum absolute atomic E-state index is 0.744. The Hall–Kier alpha value is -1.38. The molecule has 3 heteroatoms. The van der Waals surface area contributed by atoms with Crippen LogP contribution in [0, 0.1) is 5.92 Å². The van der Waals surface area contributed by atoms with Crippen LogP contribution in [0.1, 0.15) is 19.8 Å². The van der Waals surface area contributed by atoms with E-state index in [1.165, 1.54) is 12.8 Å². The molecule has 0 aromatic heterocycles. The molecule has 80 valence electrons. The van der Waals surface area contributed by atoms with Gasteiger partial charge in [0.05, 0.1) is 5.69 Å². The average Bonchev–Trinajstić information content (AvgIpc) is 2.28. The Morgan fingerprint density at radius 3 is 2.80 bits per heavy atom. The van der Waals surface area contributed by atoms with Gasteiger partial charge < -0.3 is 0 Å². The number of piperidine rings is 1. The zero-order valence-electron chi connectivity index (χ0n) is 9.13. The Morgan fingerprint density at radius 2 is 2.07 bits per heavy atom.